The number of carbonyl (C=O) groups is 1. The van der Waals surface area contributed by atoms with E-state index in [0.717, 1.165) is 22.4 Å². The number of nitrogens with zero attached hydrogens (tertiary/aromatic N) is 2. The molecule has 0 radical (unpaired) electrons. The lowest BCUT2D eigenvalue weighted by Gasteiger charge is -2.39. The van der Waals surface area contributed by atoms with Crippen LogP contribution in [0.5, 0.6) is 0 Å². The molecule has 148 valence electrons. The molecule has 1 amide bonds. The van der Waals surface area contributed by atoms with Gasteiger partial charge in [0.1, 0.15) is 6.61 Å². The van der Waals surface area contributed by atoms with Crippen molar-refractivity contribution in [3.63, 3.8) is 0 Å². The normalized spacial score (nSPS) is 18.6. The first-order valence-corrected chi connectivity index (χ1v) is 10.9. The molecule has 2 aromatic rings. The number of para-hydroxylation sites is 1. The highest BCUT2D eigenvalue weighted by molar-refractivity contribution is 7.89. The summed E-state index contributed by atoms with van der Waals surface area (Å²) in [6, 6.07) is 13.1. The predicted molar refractivity (Wildman–Crippen MR) is 107 cm³/mol. The second-order valence-corrected chi connectivity index (χ2v) is 9.36. The van der Waals surface area contributed by atoms with Crippen molar-refractivity contribution in [1.29, 1.82) is 0 Å². The van der Waals surface area contributed by atoms with Crippen LogP contribution in [-0.4, -0.2) is 37.9 Å². The number of rotatable bonds is 3. The van der Waals surface area contributed by atoms with Crippen LogP contribution in [0.3, 0.4) is 0 Å². The Morgan fingerprint density at radius 1 is 1.04 bits per heavy atom. The number of fused-ring (bicyclic) bond motifs is 1. The standard InChI is InChI=1S/C21H24N2O4S/c1-15-7-8-16(2)20(13-15)28(25,26)22-11-9-18(10-12-22)23-19-6-4-3-5-17(19)14-27-21(23)24/h3-8,13,18H,9-12,14H2,1-2H3. The number of ether oxygens (including phenoxy) is 1. The van der Waals surface area contributed by atoms with Crippen LogP contribution in [0.15, 0.2) is 47.4 Å². The summed E-state index contributed by atoms with van der Waals surface area (Å²) in [4.78, 5) is 14.5. The molecule has 2 heterocycles. The van der Waals surface area contributed by atoms with Gasteiger partial charge in [-0.25, -0.2) is 13.2 Å². The molecule has 0 N–H and O–H groups in total. The van der Waals surface area contributed by atoms with Gasteiger partial charge in [0.15, 0.2) is 0 Å². The smallest absolute Gasteiger partial charge is 0.414 e. The predicted octanol–water partition coefficient (Wildman–Crippen LogP) is 3.61. The van der Waals surface area contributed by atoms with Gasteiger partial charge >= 0.3 is 6.09 Å². The number of piperidine rings is 1. The maximum absolute atomic E-state index is 13.1. The molecule has 0 aliphatic carbocycles. The molecule has 0 bridgehead atoms. The number of cyclic esters (lactones) is 1. The molecule has 1 fully saturated rings. The van der Waals surface area contributed by atoms with E-state index in [9.17, 15) is 13.2 Å². The fraction of sp³-hybridized carbons (Fsp3) is 0.381. The lowest BCUT2D eigenvalue weighted by molar-refractivity contribution is 0.136. The van der Waals surface area contributed by atoms with Crippen LogP contribution in [0.2, 0.25) is 0 Å². The van der Waals surface area contributed by atoms with Crippen molar-refractivity contribution < 1.29 is 17.9 Å². The Labute approximate surface area is 165 Å². The maximum atomic E-state index is 13.1. The Hall–Kier alpha value is -2.38. The minimum absolute atomic E-state index is 0.0704. The van der Waals surface area contributed by atoms with Gasteiger partial charge < -0.3 is 4.74 Å². The Bertz CT molecular complexity index is 1010. The Morgan fingerprint density at radius 3 is 2.50 bits per heavy atom. The summed E-state index contributed by atoms with van der Waals surface area (Å²) < 4.78 is 33.1. The highest BCUT2D eigenvalue weighted by Crippen LogP contribution is 2.33. The van der Waals surface area contributed by atoms with E-state index in [4.69, 9.17) is 4.74 Å². The highest BCUT2D eigenvalue weighted by atomic mass is 32.2. The zero-order valence-electron chi connectivity index (χ0n) is 16.1. The zero-order valence-corrected chi connectivity index (χ0v) is 16.9. The third-order valence-corrected chi connectivity index (χ3v) is 7.59. The molecule has 2 aromatic carbocycles. The van der Waals surface area contributed by atoms with E-state index in [-0.39, 0.29) is 18.7 Å². The highest BCUT2D eigenvalue weighted by Gasteiger charge is 2.37. The Morgan fingerprint density at radius 2 is 1.75 bits per heavy atom. The zero-order chi connectivity index (χ0) is 19.9. The molecular weight excluding hydrogens is 376 g/mol. The van der Waals surface area contributed by atoms with E-state index in [1.807, 2.05) is 50.2 Å². The monoisotopic (exact) mass is 400 g/mol. The second-order valence-electron chi connectivity index (χ2n) is 7.46. The average Bonchev–Trinajstić information content (AvgIpc) is 2.70. The number of sulfonamides is 1. The summed E-state index contributed by atoms with van der Waals surface area (Å²) in [6.45, 7) is 4.76. The summed E-state index contributed by atoms with van der Waals surface area (Å²) >= 11 is 0. The molecule has 0 atom stereocenters. The van der Waals surface area contributed by atoms with Crippen LogP contribution >= 0.6 is 0 Å². The van der Waals surface area contributed by atoms with Gasteiger partial charge in [-0.1, -0.05) is 30.3 Å². The van der Waals surface area contributed by atoms with Crippen molar-refractivity contribution in [2.75, 3.05) is 18.0 Å². The van der Waals surface area contributed by atoms with Crippen LogP contribution in [0.1, 0.15) is 29.5 Å². The summed E-state index contributed by atoms with van der Waals surface area (Å²) in [5.74, 6) is 0. The van der Waals surface area contributed by atoms with Crippen molar-refractivity contribution in [3.8, 4) is 0 Å². The molecule has 0 saturated carbocycles. The first-order chi connectivity index (χ1) is 13.4. The van der Waals surface area contributed by atoms with E-state index in [1.165, 1.54) is 4.31 Å². The molecule has 4 rings (SSSR count). The molecule has 2 aliphatic heterocycles. The summed E-state index contributed by atoms with van der Waals surface area (Å²) in [7, 11) is -3.54. The van der Waals surface area contributed by atoms with Gasteiger partial charge in [-0.3, -0.25) is 4.90 Å². The largest absolute Gasteiger partial charge is 0.444 e. The lowest BCUT2D eigenvalue weighted by Crippen LogP contribution is -2.50. The molecule has 28 heavy (non-hydrogen) atoms. The van der Waals surface area contributed by atoms with Crippen molar-refractivity contribution in [3.05, 3.63) is 59.2 Å². The van der Waals surface area contributed by atoms with E-state index >= 15 is 0 Å². The summed E-state index contributed by atoms with van der Waals surface area (Å²) in [5, 5.41) is 0. The topological polar surface area (TPSA) is 66.9 Å². The minimum atomic E-state index is -3.54. The minimum Gasteiger partial charge on any atom is -0.444 e. The summed E-state index contributed by atoms with van der Waals surface area (Å²) in [6.07, 6.45) is 0.802. The van der Waals surface area contributed by atoms with E-state index in [2.05, 4.69) is 0 Å². The molecule has 7 heteroatoms. The summed E-state index contributed by atoms with van der Waals surface area (Å²) in [5.41, 5.74) is 3.52. The Kier molecular flexibility index (Phi) is 4.89. The van der Waals surface area contributed by atoms with E-state index in [0.29, 0.717) is 30.8 Å². The fourth-order valence-electron chi connectivity index (χ4n) is 3.99. The molecular formula is C21H24N2O4S. The van der Waals surface area contributed by atoms with Gasteiger partial charge in [-0.2, -0.15) is 4.31 Å². The molecule has 1 saturated heterocycles. The van der Waals surface area contributed by atoms with Crippen LogP contribution in [0.4, 0.5) is 10.5 Å². The van der Waals surface area contributed by atoms with Crippen LogP contribution in [0.25, 0.3) is 0 Å². The number of aryl methyl sites for hydroxylation is 2. The molecule has 0 spiro atoms. The quantitative estimate of drug-likeness (QED) is 0.789. The SMILES string of the molecule is Cc1ccc(C)c(S(=O)(=O)N2CCC(N3C(=O)OCc4ccccc43)CC2)c1. The van der Waals surface area contributed by atoms with Gasteiger partial charge in [0.05, 0.1) is 10.6 Å². The third-order valence-electron chi connectivity index (χ3n) is 5.55. The van der Waals surface area contributed by atoms with E-state index < -0.39 is 10.0 Å². The van der Waals surface area contributed by atoms with Crippen LogP contribution in [-0.2, 0) is 21.4 Å². The van der Waals surface area contributed by atoms with Crippen LogP contribution < -0.4 is 4.90 Å². The number of hydrogen-bond donors (Lipinski definition) is 0. The molecule has 0 aromatic heterocycles. The third kappa shape index (κ3) is 3.29. The number of hydrogen-bond acceptors (Lipinski definition) is 4. The molecule has 6 nitrogen and oxygen atoms in total. The van der Waals surface area contributed by atoms with Crippen molar-refractivity contribution in [2.24, 2.45) is 0 Å². The maximum Gasteiger partial charge on any atom is 0.414 e. The van der Waals surface area contributed by atoms with Gasteiger partial charge in [0, 0.05) is 24.7 Å². The fourth-order valence-corrected chi connectivity index (χ4v) is 5.77. The van der Waals surface area contributed by atoms with Crippen molar-refractivity contribution in [1.82, 2.24) is 4.31 Å². The first kappa shape index (κ1) is 19.0. The van der Waals surface area contributed by atoms with Gasteiger partial charge in [0.25, 0.3) is 0 Å². The lowest BCUT2D eigenvalue weighted by atomic mass is 10.0. The number of carbonyl (C=O) groups excluding carboxylic acids is 1. The van der Waals surface area contributed by atoms with Crippen molar-refractivity contribution in [2.45, 2.75) is 44.2 Å². The molecule has 2 aliphatic rings. The van der Waals surface area contributed by atoms with Gasteiger partial charge in [-0.15, -0.1) is 0 Å². The second kappa shape index (κ2) is 7.22. The van der Waals surface area contributed by atoms with Crippen molar-refractivity contribution >= 4 is 21.8 Å². The average molecular weight is 401 g/mol. The number of benzene rings is 2. The number of amides is 1. The van der Waals surface area contributed by atoms with E-state index in [1.54, 1.807) is 11.0 Å². The van der Waals surface area contributed by atoms with Gasteiger partial charge in [-0.05, 0) is 49.9 Å². The molecule has 0 unspecified atom stereocenters. The Balaban J connectivity index is 1.54. The van der Waals surface area contributed by atoms with Gasteiger partial charge in [0.2, 0.25) is 10.0 Å². The van der Waals surface area contributed by atoms with Crippen LogP contribution in [0, 0.1) is 13.8 Å². The first-order valence-electron chi connectivity index (χ1n) is 9.49. The number of anilines is 1.